The number of H-pyrrole nitrogens is 1. The summed E-state index contributed by atoms with van der Waals surface area (Å²) in [5.41, 5.74) is 1.57. The minimum absolute atomic E-state index is 0.0901. The minimum atomic E-state index is -0.140. The van der Waals surface area contributed by atoms with E-state index in [1.54, 1.807) is 14.0 Å². The Kier molecular flexibility index (Phi) is 4.64. The fourth-order valence-corrected chi connectivity index (χ4v) is 3.11. The van der Waals surface area contributed by atoms with Gasteiger partial charge < -0.3 is 14.6 Å². The van der Waals surface area contributed by atoms with E-state index in [0.717, 1.165) is 23.4 Å². The van der Waals surface area contributed by atoms with Crippen molar-refractivity contribution in [1.82, 2.24) is 14.9 Å². The normalized spacial score (nSPS) is 17.1. The molecule has 1 N–H and O–H groups in total. The molecule has 24 heavy (non-hydrogen) atoms. The van der Waals surface area contributed by atoms with Crippen molar-refractivity contribution in [2.45, 2.75) is 25.7 Å². The number of amides is 1. The Morgan fingerprint density at radius 2 is 2.25 bits per heavy atom. The second kappa shape index (κ2) is 6.86. The number of carbonyl (C=O) groups excluding carboxylic acids is 1. The van der Waals surface area contributed by atoms with Crippen LogP contribution in [0.2, 0.25) is 0 Å². The van der Waals surface area contributed by atoms with Crippen LogP contribution in [0.5, 0.6) is 5.75 Å². The molecule has 0 spiro atoms. The highest BCUT2D eigenvalue weighted by Crippen LogP contribution is 2.26. The first kappa shape index (κ1) is 16.2. The molecule has 1 aliphatic rings. The van der Waals surface area contributed by atoms with E-state index in [-0.39, 0.29) is 17.4 Å². The van der Waals surface area contributed by atoms with Gasteiger partial charge in [-0.3, -0.25) is 9.59 Å². The lowest BCUT2D eigenvalue weighted by Crippen LogP contribution is -2.30. The van der Waals surface area contributed by atoms with Crippen LogP contribution in [0.1, 0.15) is 29.4 Å². The first-order chi connectivity index (χ1) is 11.5. The zero-order chi connectivity index (χ0) is 17.1. The zero-order valence-electron chi connectivity index (χ0n) is 13.9. The number of nitrogens with one attached hydrogen (secondary N) is 1. The van der Waals surface area contributed by atoms with Crippen molar-refractivity contribution in [2.24, 2.45) is 0 Å². The van der Waals surface area contributed by atoms with Gasteiger partial charge in [-0.15, -0.1) is 0 Å². The summed E-state index contributed by atoms with van der Waals surface area (Å²) in [6, 6.07) is 9.09. The number of nitrogens with zero attached hydrogens (tertiary/aromatic N) is 2. The highest BCUT2D eigenvalue weighted by molar-refractivity contribution is 5.79. The molecular formula is C18H21N3O3. The summed E-state index contributed by atoms with van der Waals surface area (Å²) in [6.45, 7) is 3.07. The zero-order valence-corrected chi connectivity index (χ0v) is 13.9. The number of rotatable bonds is 4. The van der Waals surface area contributed by atoms with Gasteiger partial charge in [-0.25, -0.2) is 4.98 Å². The maximum atomic E-state index is 12.5. The van der Waals surface area contributed by atoms with Gasteiger partial charge in [-0.1, -0.05) is 12.1 Å². The quantitative estimate of drug-likeness (QED) is 0.926. The molecule has 6 heteroatoms. The topological polar surface area (TPSA) is 75.3 Å². The predicted octanol–water partition coefficient (Wildman–Crippen LogP) is 1.65. The van der Waals surface area contributed by atoms with E-state index in [4.69, 9.17) is 4.74 Å². The number of hydrogen-bond acceptors (Lipinski definition) is 4. The molecule has 0 saturated carbocycles. The van der Waals surface area contributed by atoms with E-state index in [1.165, 1.54) is 6.07 Å². The van der Waals surface area contributed by atoms with Gasteiger partial charge in [-0.2, -0.15) is 0 Å². The van der Waals surface area contributed by atoms with Gasteiger partial charge >= 0.3 is 0 Å². The predicted molar refractivity (Wildman–Crippen MR) is 90.2 cm³/mol. The lowest BCUT2D eigenvalue weighted by atomic mass is 10.0. The molecular weight excluding hydrogens is 306 g/mol. The lowest BCUT2D eigenvalue weighted by molar-refractivity contribution is -0.129. The average molecular weight is 327 g/mol. The van der Waals surface area contributed by atoms with Crippen molar-refractivity contribution in [3.8, 4) is 5.75 Å². The Hall–Kier alpha value is -2.63. The van der Waals surface area contributed by atoms with Gasteiger partial charge in [0.05, 0.1) is 19.2 Å². The number of methoxy groups -OCH3 is 1. The van der Waals surface area contributed by atoms with Gasteiger partial charge in [0.2, 0.25) is 5.91 Å². The third-order valence-electron chi connectivity index (χ3n) is 4.33. The molecule has 0 radical (unpaired) electrons. The van der Waals surface area contributed by atoms with Crippen LogP contribution in [0.15, 0.2) is 35.1 Å². The van der Waals surface area contributed by atoms with Gasteiger partial charge in [0.1, 0.15) is 11.6 Å². The fraction of sp³-hybridized carbons (Fsp3) is 0.389. The molecule has 2 heterocycles. The van der Waals surface area contributed by atoms with Gasteiger partial charge in [0.15, 0.2) is 0 Å². The third-order valence-corrected chi connectivity index (χ3v) is 4.33. The molecule has 126 valence electrons. The number of aromatic amines is 1. The van der Waals surface area contributed by atoms with Crippen LogP contribution in [0, 0.1) is 6.92 Å². The smallest absolute Gasteiger partial charge is 0.251 e. The summed E-state index contributed by atoms with van der Waals surface area (Å²) < 4.78 is 5.19. The van der Waals surface area contributed by atoms with Crippen molar-refractivity contribution in [1.29, 1.82) is 0 Å². The number of aryl methyl sites for hydroxylation is 1. The van der Waals surface area contributed by atoms with E-state index in [0.29, 0.717) is 25.3 Å². The van der Waals surface area contributed by atoms with Crippen molar-refractivity contribution in [3.63, 3.8) is 0 Å². The largest absolute Gasteiger partial charge is 0.497 e. The van der Waals surface area contributed by atoms with E-state index < -0.39 is 0 Å². The second-order valence-electron chi connectivity index (χ2n) is 6.11. The van der Waals surface area contributed by atoms with E-state index in [9.17, 15) is 9.59 Å². The SMILES string of the molecule is COc1cccc(CC(=O)N2CC[C@H](c3cc(=O)[nH]c(C)n3)C2)c1. The Balaban J connectivity index is 1.66. The molecule has 2 aromatic rings. The number of hydrogen-bond donors (Lipinski definition) is 1. The van der Waals surface area contributed by atoms with E-state index in [1.807, 2.05) is 29.2 Å². The average Bonchev–Trinajstić information content (AvgIpc) is 3.04. The van der Waals surface area contributed by atoms with Crippen LogP contribution < -0.4 is 10.3 Å². The molecule has 0 aliphatic carbocycles. The summed E-state index contributed by atoms with van der Waals surface area (Å²) in [6.07, 6.45) is 1.19. The summed E-state index contributed by atoms with van der Waals surface area (Å²) in [5, 5.41) is 0. The van der Waals surface area contributed by atoms with Gasteiger partial charge in [0.25, 0.3) is 5.56 Å². The van der Waals surface area contributed by atoms with Crippen LogP contribution in [-0.4, -0.2) is 41.0 Å². The van der Waals surface area contributed by atoms with Crippen LogP contribution in [0.3, 0.4) is 0 Å². The Morgan fingerprint density at radius 1 is 1.42 bits per heavy atom. The van der Waals surface area contributed by atoms with Crippen molar-refractivity contribution in [2.75, 3.05) is 20.2 Å². The molecule has 1 aromatic heterocycles. The molecule has 1 atom stereocenters. The first-order valence-corrected chi connectivity index (χ1v) is 8.03. The lowest BCUT2D eigenvalue weighted by Gasteiger charge is -2.17. The van der Waals surface area contributed by atoms with Crippen molar-refractivity contribution < 1.29 is 9.53 Å². The molecule has 1 amide bonds. The molecule has 0 bridgehead atoms. The van der Waals surface area contributed by atoms with Crippen LogP contribution in [0.4, 0.5) is 0 Å². The number of likely N-dealkylation sites (tertiary alicyclic amines) is 1. The molecule has 3 rings (SSSR count). The summed E-state index contributed by atoms with van der Waals surface area (Å²) in [5.74, 6) is 1.58. The summed E-state index contributed by atoms with van der Waals surface area (Å²) in [7, 11) is 1.61. The van der Waals surface area contributed by atoms with Crippen molar-refractivity contribution in [3.05, 3.63) is 57.8 Å². The van der Waals surface area contributed by atoms with Crippen molar-refractivity contribution >= 4 is 5.91 Å². The second-order valence-corrected chi connectivity index (χ2v) is 6.11. The Bertz CT molecular complexity index is 800. The van der Waals surface area contributed by atoms with Crippen LogP contribution in [-0.2, 0) is 11.2 Å². The minimum Gasteiger partial charge on any atom is -0.497 e. The Morgan fingerprint density at radius 3 is 3.00 bits per heavy atom. The standard InChI is InChI=1S/C18H21N3O3/c1-12-19-16(10-17(22)20-12)14-6-7-21(11-14)18(23)9-13-4-3-5-15(8-13)24-2/h3-5,8,10,14H,6-7,9,11H2,1-2H3,(H,19,20,22)/t14-/m0/s1. The molecule has 1 aromatic carbocycles. The molecule has 1 aliphatic heterocycles. The maximum Gasteiger partial charge on any atom is 0.251 e. The third kappa shape index (κ3) is 3.64. The van der Waals surface area contributed by atoms with Crippen LogP contribution in [0.25, 0.3) is 0 Å². The number of carbonyl (C=O) groups is 1. The highest BCUT2D eigenvalue weighted by atomic mass is 16.5. The fourth-order valence-electron chi connectivity index (χ4n) is 3.11. The molecule has 6 nitrogen and oxygen atoms in total. The highest BCUT2D eigenvalue weighted by Gasteiger charge is 2.28. The molecule has 1 saturated heterocycles. The summed E-state index contributed by atoms with van der Waals surface area (Å²) >= 11 is 0. The summed E-state index contributed by atoms with van der Waals surface area (Å²) in [4.78, 5) is 33.0. The molecule has 1 fully saturated rings. The van der Waals surface area contributed by atoms with Gasteiger partial charge in [-0.05, 0) is 31.0 Å². The Labute approximate surface area is 140 Å². The number of benzene rings is 1. The monoisotopic (exact) mass is 327 g/mol. The van der Waals surface area contributed by atoms with Crippen LogP contribution >= 0.6 is 0 Å². The number of aromatic nitrogens is 2. The number of ether oxygens (including phenoxy) is 1. The van der Waals surface area contributed by atoms with Gasteiger partial charge in [0, 0.05) is 25.1 Å². The first-order valence-electron chi connectivity index (χ1n) is 8.03. The maximum absolute atomic E-state index is 12.5. The molecule has 0 unspecified atom stereocenters. The van der Waals surface area contributed by atoms with E-state index >= 15 is 0 Å². The van der Waals surface area contributed by atoms with E-state index in [2.05, 4.69) is 9.97 Å².